The minimum absolute atomic E-state index is 0.0975. The van der Waals surface area contributed by atoms with Crippen molar-refractivity contribution >= 4 is 16.1 Å². The first-order valence-corrected chi connectivity index (χ1v) is 7.90. The Morgan fingerprint density at radius 1 is 1.26 bits per heavy atom. The van der Waals surface area contributed by atoms with Crippen molar-refractivity contribution in [1.82, 2.24) is 14.3 Å². The molecule has 0 unspecified atom stereocenters. The monoisotopic (exact) mass is 293 g/mol. The van der Waals surface area contributed by atoms with Crippen molar-refractivity contribution in [2.45, 2.75) is 39.4 Å². The van der Waals surface area contributed by atoms with Crippen LogP contribution in [0.1, 0.15) is 27.2 Å². The molecule has 0 bridgehead atoms. The molecule has 0 aliphatic carbocycles. The Labute approximate surface area is 114 Å². The highest BCUT2D eigenvalue weighted by Crippen LogP contribution is 2.13. The lowest BCUT2D eigenvalue weighted by molar-refractivity contribution is -0.118. The van der Waals surface area contributed by atoms with Gasteiger partial charge in [-0.2, -0.15) is 12.7 Å². The van der Waals surface area contributed by atoms with Crippen LogP contribution in [0.5, 0.6) is 0 Å². The van der Waals surface area contributed by atoms with E-state index in [-0.39, 0.29) is 18.1 Å². The number of carbonyl (C=O) groups is 1. The maximum Gasteiger partial charge on any atom is 0.279 e. The molecule has 0 aromatic rings. The second kappa shape index (κ2) is 7.18. The van der Waals surface area contributed by atoms with E-state index in [1.54, 1.807) is 0 Å². The molecule has 1 rings (SSSR count). The van der Waals surface area contributed by atoms with Crippen LogP contribution in [0.15, 0.2) is 0 Å². The van der Waals surface area contributed by atoms with Crippen molar-refractivity contribution in [2.75, 3.05) is 26.2 Å². The first kappa shape index (κ1) is 16.4. The summed E-state index contributed by atoms with van der Waals surface area (Å²) in [5.74, 6) is -0.112. The summed E-state index contributed by atoms with van der Waals surface area (Å²) >= 11 is 0. The lowest BCUT2D eigenvalue weighted by Gasteiger charge is -2.34. The van der Waals surface area contributed by atoms with Gasteiger partial charge in [0, 0.05) is 33.1 Å². The fourth-order valence-corrected chi connectivity index (χ4v) is 3.37. The normalized spacial score (nSPS) is 25.2. The molecule has 8 heteroatoms. The Kier molecular flexibility index (Phi) is 6.18. The number of nitrogens with zero attached hydrogens (tertiary/aromatic N) is 1. The Hall–Kier alpha value is -0.700. The number of ether oxygens (including phenoxy) is 1. The third-order valence-electron chi connectivity index (χ3n) is 2.74. The molecule has 2 N–H and O–H groups in total. The molecular formula is C11H23N3O4S. The number of carbonyl (C=O) groups excluding carboxylic acids is 1. The molecule has 1 amide bonds. The smallest absolute Gasteiger partial charge is 0.279 e. The van der Waals surface area contributed by atoms with E-state index in [0.29, 0.717) is 32.6 Å². The van der Waals surface area contributed by atoms with Crippen molar-refractivity contribution in [2.24, 2.45) is 0 Å². The molecule has 1 heterocycles. The lowest BCUT2D eigenvalue weighted by Crippen LogP contribution is -2.52. The molecule has 1 aliphatic heterocycles. The molecule has 0 aromatic heterocycles. The number of morpholine rings is 1. The molecule has 19 heavy (non-hydrogen) atoms. The zero-order chi connectivity index (χ0) is 14.5. The molecule has 1 saturated heterocycles. The topological polar surface area (TPSA) is 87.7 Å². The van der Waals surface area contributed by atoms with Crippen LogP contribution < -0.4 is 10.0 Å². The number of hydrogen-bond acceptors (Lipinski definition) is 4. The van der Waals surface area contributed by atoms with Crippen LogP contribution in [0.25, 0.3) is 0 Å². The van der Waals surface area contributed by atoms with E-state index in [2.05, 4.69) is 10.0 Å². The molecule has 0 aromatic carbocycles. The minimum Gasteiger partial charge on any atom is -0.373 e. The zero-order valence-electron chi connectivity index (χ0n) is 11.7. The largest absolute Gasteiger partial charge is 0.373 e. The second-order valence-electron chi connectivity index (χ2n) is 4.81. The van der Waals surface area contributed by atoms with Gasteiger partial charge in [-0.3, -0.25) is 4.79 Å². The highest BCUT2D eigenvalue weighted by Gasteiger charge is 2.30. The zero-order valence-corrected chi connectivity index (χ0v) is 12.5. The number of nitrogens with one attached hydrogen (secondary N) is 2. The van der Waals surface area contributed by atoms with E-state index < -0.39 is 10.2 Å². The molecule has 0 spiro atoms. The van der Waals surface area contributed by atoms with Crippen LogP contribution in [0.3, 0.4) is 0 Å². The summed E-state index contributed by atoms with van der Waals surface area (Å²) in [6.07, 6.45) is 0.369. The molecule has 1 fully saturated rings. The first-order chi connectivity index (χ1) is 8.81. The van der Waals surface area contributed by atoms with Crippen molar-refractivity contribution in [1.29, 1.82) is 0 Å². The first-order valence-electron chi connectivity index (χ1n) is 6.46. The Morgan fingerprint density at radius 2 is 1.84 bits per heavy atom. The van der Waals surface area contributed by atoms with Crippen molar-refractivity contribution in [3.63, 3.8) is 0 Å². The summed E-state index contributed by atoms with van der Waals surface area (Å²) in [4.78, 5) is 10.7. The fraction of sp³-hybridized carbons (Fsp3) is 0.909. The summed E-state index contributed by atoms with van der Waals surface area (Å²) in [6, 6.07) is 0. The molecule has 112 valence electrons. The second-order valence-corrected chi connectivity index (χ2v) is 6.57. The third kappa shape index (κ3) is 5.85. The molecule has 0 radical (unpaired) electrons. The van der Waals surface area contributed by atoms with Gasteiger partial charge in [-0.05, 0) is 20.3 Å². The van der Waals surface area contributed by atoms with Crippen molar-refractivity contribution < 1.29 is 17.9 Å². The molecule has 7 nitrogen and oxygen atoms in total. The third-order valence-corrected chi connectivity index (χ3v) is 4.28. The van der Waals surface area contributed by atoms with Crippen LogP contribution in [-0.2, 0) is 19.7 Å². The van der Waals surface area contributed by atoms with Gasteiger partial charge in [-0.1, -0.05) is 0 Å². The summed E-state index contributed by atoms with van der Waals surface area (Å²) in [5, 5.41) is 2.62. The van der Waals surface area contributed by atoms with E-state index in [4.69, 9.17) is 4.74 Å². The molecule has 0 saturated carbocycles. The highest BCUT2D eigenvalue weighted by molar-refractivity contribution is 7.87. The standard InChI is InChI=1S/C11H23N3O4S/c1-9-7-14(8-10(2)18-9)19(16,17)13-6-4-5-12-11(3)15/h9-10,13H,4-8H2,1-3H3,(H,12,15)/t9-,10-/m1/s1. The molecule has 1 aliphatic rings. The maximum absolute atomic E-state index is 12.0. The fourth-order valence-electron chi connectivity index (χ4n) is 1.97. The van der Waals surface area contributed by atoms with Crippen molar-refractivity contribution in [3.8, 4) is 0 Å². The number of rotatable bonds is 6. The van der Waals surface area contributed by atoms with E-state index >= 15 is 0 Å². The minimum atomic E-state index is -3.46. The average Bonchev–Trinajstić information content (AvgIpc) is 2.26. The van der Waals surface area contributed by atoms with E-state index in [1.165, 1.54) is 11.2 Å². The molecular weight excluding hydrogens is 270 g/mol. The van der Waals surface area contributed by atoms with Gasteiger partial charge in [0.15, 0.2) is 0 Å². The maximum atomic E-state index is 12.0. The van der Waals surface area contributed by atoms with Crippen LogP contribution in [0.4, 0.5) is 0 Å². The van der Waals surface area contributed by atoms with Gasteiger partial charge in [0.1, 0.15) is 0 Å². The van der Waals surface area contributed by atoms with Crippen LogP contribution in [-0.4, -0.2) is 57.0 Å². The van der Waals surface area contributed by atoms with Gasteiger partial charge in [-0.15, -0.1) is 0 Å². The van der Waals surface area contributed by atoms with E-state index in [0.717, 1.165) is 0 Å². The van der Waals surface area contributed by atoms with Gasteiger partial charge in [0.2, 0.25) is 5.91 Å². The van der Waals surface area contributed by atoms with E-state index in [1.807, 2.05) is 13.8 Å². The average molecular weight is 293 g/mol. The Morgan fingerprint density at radius 3 is 2.37 bits per heavy atom. The summed E-state index contributed by atoms with van der Waals surface area (Å²) in [6.45, 7) is 6.65. The summed E-state index contributed by atoms with van der Waals surface area (Å²) < 4.78 is 33.5. The Balaban J connectivity index is 2.36. The van der Waals surface area contributed by atoms with Gasteiger partial charge < -0.3 is 10.1 Å². The highest BCUT2D eigenvalue weighted by atomic mass is 32.2. The molecule has 2 atom stereocenters. The predicted molar refractivity (Wildman–Crippen MR) is 71.8 cm³/mol. The van der Waals surface area contributed by atoms with Gasteiger partial charge in [0.05, 0.1) is 12.2 Å². The van der Waals surface area contributed by atoms with Gasteiger partial charge in [-0.25, -0.2) is 4.72 Å². The van der Waals surface area contributed by atoms with Crippen LogP contribution in [0, 0.1) is 0 Å². The summed E-state index contributed by atoms with van der Waals surface area (Å²) in [7, 11) is -3.46. The van der Waals surface area contributed by atoms with Crippen molar-refractivity contribution in [3.05, 3.63) is 0 Å². The van der Waals surface area contributed by atoms with Crippen LogP contribution >= 0.6 is 0 Å². The lowest BCUT2D eigenvalue weighted by atomic mass is 10.3. The quantitative estimate of drug-likeness (QED) is 0.644. The van der Waals surface area contributed by atoms with E-state index in [9.17, 15) is 13.2 Å². The van der Waals surface area contributed by atoms with Gasteiger partial charge >= 0.3 is 0 Å². The Bertz CT molecular complexity index is 389. The number of hydrogen-bond donors (Lipinski definition) is 2. The van der Waals surface area contributed by atoms with Crippen LogP contribution in [0.2, 0.25) is 0 Å². The van der Waals surface area contributed by atoms with Gasteiger partial charge in [0.25, 0.3) is 10.2 Å². The SMILES string of the molecule is CC(=O)NCCCNS(=O)(=O)N1C[C@@H](C)O[C@H](C)C1. The number of amides is 1. The predicted octanol–water partition coefficient (Wildman–Crippen LogP) is -0.544. The summed E-state index contributed by atoms with van der Waals surface area (Å²) in [5.41, 5.74) is 0.